The van der Waals surface area contributed by atoms with Crippen molar-refractivity contribution in [3.8, 4) is 0 Å². The number of carbonyl (C=O) groups is 1. The van der Waals surface area contributed by atoms with E-state index in [-0.39, 0.29) is 0 Å². The van der Waals surface area contributed by atoms with E-state index >= 15 is 0 Å². The zero-order valence-electron chi connectivity index (χ0n) is 4.31. The van der Waals surface area contributed by atoms with Gasteiger partial charge in [-0.2, -0.15) is 0 Å². The van der Waals surface area contributed by atoms with Crippen LogP contribution in [0.25, 0.3) is 0 Å². The fourth-order valence-corrected chi connectivity index (χ4v) is 0.426. The smallest absolute Gasteiger partial charge is 0.450 e. The lowest BCUT2D eigenvalue weighted by atomic mass is 10.8. The van der Waals surface area contributed by atoms with Crippen molar-refractivity contribution in [3.05, 3.63) is 0 Å². The summed E-state index contributed by atoms with van der Waals surface area (Å²) in [6.45, 7) is -0.505. The van der Waals surface area contributed by atoms with Gasteiger partial charge in [0.1, 0.15) is 0 Å². The molecule has 0 aromatic heterocycles. The molecule has 0 saturated heterocycles. The van der Waals surface area contributed by atoms with E-state index in [1.54, 1.807) is 9.47 Å². The van der Waals surface area contributed by atoms with Gasteiger partial charge in [0.15, 0.2) is 0 Å². The molecular formula is C2H5O5P2+. The molecule has 0 spiro atoms. The molecular weight excluding hydrogens is 166 g/mol. The molecule has 2 unspecified atom stereocenters. The molecule has 0 aliphatic carbocycles. The summed E-state index contributed by atoms with van der Waals surface area (Å²) in [6, 6.07) is 0. The Balaban J connectivity index is 3.28. The van der Waals surface area contributed by atoms with Crippen LogP contribution < -0.4 is 0 Å². The van der Waals surface area contributed by atoms with E-state index in [0.717, 1.165) is 0 Å². The molecule has 0 amide bonds. The summed E-state index contributed by atoms with van der Waals surface area (Å²) in [5.41, 5.74) is 0. The first-order chi connectivity index (χ1) is 4.16. The average molecular weight is 171 g/mol. The third-order valence-corrected chi connectivity index (χ3v) is 1.04. The Kier molecular flexibility index (Phi) is 4.72. The van der Waals surface area contributed by atoms with E-state index in [4.69, 9.17) is 4.89 Å². The normalized spacial score (nSPS) is 10.7. The zero-order valence-corrected chi connectivity index (χ0v) is 6.36. The van der Waals surface area contributed by atoms with Crippen molar-refractivity contribution in [2.24, 2.45) is 0 Å². The van der Waals surface area contributed by atoms with E-state index in [9.17, 15) is 9.36 Å². The number of rotatable bonds is 3. The molecule has 0 rings (SSSR count). The fraction of sp³-hybridized carbons (Fsp3) is 0.500. The van der Waals surface area contributed by atoms with Crippen LogP contribution in [-0.4, -0.2) is 17.5 Å². The average Bonchev–Trinajstić information content (AvgIpc) is 1.83. The Morgan fingerprint density at radius 1 is 1.78 bits per heavy atom. The molecule has 52 valence electrons. The second kappa shape index (κ2) is 4.77. The van der Waals surface area contributed by atoms with Crippen LogP contribution in [-0.2, 0) is 18.4 Å². The van der Waals surface area contributed by atoms with Gasteiger partial charge in [-0.15, -0.1) is 9.42 Å². The Morgan fingerprint density at radius 2 is 2.33 bits per heavy atom. The molecule has 9 heavy (non-hydrogen) atoms. The molecule has 0 aromatic carbocycles. The Hall–Kier alpha value is -0.0800. The van der Waals surface area contributed by atoms with Crippen molar-refractivity contribution < 1.29 is 23.3 Å². The summed E-state index contributed by atoms with van der Waals surface area (Å²) >= 11 is 0. The lowest BCUT2D eigenvalue weighted by Crippen LogP contribution is -2.03. The standard InChI is InChI=1S/C2H4O5P2/c3-2(7-8)1-6-9(4)5/h1,8H2/p+1. The molecule has 0 aliphatic heterocycles. The minimum Gasteiger partial charge on any atom is -0.450 e. The molecule has 2 atom stereocenters. The Morgan fingerprint density at radius 3 is 2.67 bits per heavy atom. The molecule has 5 nitrogen and oxygen atoms in total. The molecule has 0 heterocycles. The van der Waals surface area contributed by atoms with E-state index in [1.807, 2.05) is 0 Å². The highest BCUT2D eigenvalue weighted by atomic mass is 31.1. The van der Waals surface area contributed by atoms with Crippen LogP contribution in [0.5, 0.6) is 0 Å². The minimum absolute atomic E-state index is 0.505. The van der Waals surface area contributed by atoms with E-state index in [2.05, 4.69) is 9.05 Å². The predicted octanol–water partition coefficient (Wildman–Crippen LogP) is -0.0140. The highest BCUT2D eigenvalue weighted by Gasteiger charge is 2.15. The lowest BCUT2D eigenvalue weighted by Gasteiger charge is -1.87. The molecule has 0 bridgehead atoms. The van der Waals surface area contributed by atoms with Gasteiger partial charge in [-0.05, 0) is 0 Å². The second-order valence-electron chi connectivity index (χ2n) is 1.00. The predicted molar refractivity (Wildman–Crippen MR) is 31.6 cm³/mol. The maximum Gasteiger partial charge on any atom is 0.695 e. The topological polar surface area (TPSA) is 72.8 Å². The van der Waals surface area contributed by atoms with Crippen LogP contribution in [0.3, 0.4) is 0 Å². The van der Waals surface area contributed by atoms with Crippen molar-refractivity contribution in [1.82, 2.24) is 0 Å². The maximum atomic E-state index is 10.1. The monoisotopic (exact) mass is 171 g/mol. The summed E-state index contributed by atoms with van der Waals surface area (Å²) in [7, 11) is -1.00. The molecule has 7 heteroatoms. The second-order valence-corrected chi connectivity index (χ2v) is 1.97. The summed E-state index contributed by atoms with van der Waals surface area (Å²) in [6.07, 6.45) is 0. The van der Waals surface area contributed by atoms with Crippen molar-refractivity contribution >= 4 is 23.7 Å². The van der Waals surface area contributed by atoms with Gasteiger partial charge in [0, 0.05) is 4.57 Å². The first-order valence-electron chi connectivity index (χ1n) is 1.85. The molecule has 0 aromatic rings. The largest absolute Gasteiger partial charge is 0.695 e. The van der Waals surface area contributed by atoms with Crippen molar-refractivity contribution in [3.63, 3.8) is 0 Å². The molecule has 0 aliphatic rings. The highest BCUT2D eigenvalue weighted by molar-refractivity contribution is 7.32. The molecule has 0 radical (unpaired) electrons. The van der Waals surface area contributed by atoms with Crippen LogP contribution in [0.1, 0.15) is 0 Å². The number of hydrogen-bond donors (Lipinski definition) is 1. The van der Waals surface area contributed by atoms with Gasteiger partial charge in [0.25, 0.3) is 0 Å². The van der Waals surface area contributed by atoms with Gasteiger partial charge in [0.2, 0.25) is 6.61 Å². The quantitative estimate of drug-likeness (QED) is 0.604. The van der Waals surface area contributed by atoms with Gasteiger partial charge < -0.3 is 4.52 Å². The van der Waals surface area contributed by atoms with Gasteiger partial charge in [-0.25, -0.2) is 4.79 Å². The number of hydrogen-bond acceptors (Lipinski definition) is 4. The third kappa shape index (κ3) is 5.80. The molecule has 0 saturated carbocycles. The minimum atomic E-state index is -2.70. The summed E-state index contributed by atoms with van der Waals surface area (Å²) in [5.74, 6) is -0.711. The van der Waals surface area contributed by atoms with Gasteiger partial charge in [-0.1, -0.05) is 0 Å². The lowest BCUT2D eigenvalue weighted by molar-refractivity contribution is -0.135. The van der Waals surface area contributed by atoms with E-state index in [0.29, 0.717) is 0 Å². The van der Waals surface area contributed by atoms with Crippen molar-refractivity contribution in [2.45, 2.75) is 0 Å². The highest BCUT2D eigenvalue weighted by Crippen LogP contribution is 2.13. The zero-order chi connectivity index (χ0) is 7.28. The summed E-state index contributed by atoms with van der Waals surface area (Å²) in [4.78, 5) is 18.1. The fourth-order valence-electron chi connectivity index (χ4n) is 0.142. The van der Waals surface area contributed by atoms with Crippen LogP contribution in [0.15, 0.2) is 0 Å². The molecule has 1 N–H and O–H groups in total. The summed E-state index contributed by atoms with van der Waals surface area (Å²) in [5, 5.41) is 0. The number of carbonyl (C=O) groups excluding carboxylic acids is 1. The van der Waals surface area contributed by atoms with Gasteiger partial charge >= 0.3 is 14.2 Å². The van der Waals surface area contributed by atoms with Crippen LogP contribution >= 0.6 is 17.7 Å². The van der Waals surface area contributed by atoms with Gasteiger partial charge in [-0.3, -0.25) is 0 Å². The van der Waals surface area contributed by atoms with E-state index < -0.39 is 20.8 Å². The van der Waals surface area contributed by atoms with Crippen molar-refractivity contribution in [1.29, 1.82) is 0 Å². The third-order valence-electron chi connectivity index (χ3n) is 0.424. The van der Waals surface area contributed by atoms with Crippen molar-refractivity contribution in [2.75, 3.05) is 6.61 Å². The Labute approximate surface area is 54.6 Å². The first-order valence-corrected chi connectivity index (χ1v) is 3.45. The molecule has 0 fully saturated rings. The Bertz CT molecular complexity index is 122. The first kappa shape index (κ1) is 8.92. The van der Waals surface area contributed by atoms with Crippen LogP contribution in [0.2, 0.25) is 0 Å². The van der Waals surface area contributed by atoms with Crippen LogP contribution in [0.4, 0.5) is 0 Å². The summed E-state index contributed by atoms with van der Waals surface area (Å²) < 4.78 is 17.7. The van der Waals surface area contributed by atoms with E-state index in [1.165, 1.54) is 0 Å². The maximum absolute atomic E-state index is 10.1. The van der Waals surface area contributed by atoms with Crippen LogP contribution in [0, 0.1) is 0 Å². The van der Waals surface area contributed by atoms with Gasteiger partial charge in [0.05, 0.1) is 9.47 Å². The SMILES string of the molecule is O=C(CO[P+](=O)O)OP.